The highest BCUT2D eigenvalue weighted by atomic mass is 16.6. The molecule has 0 atom stereocenters. The standard InChI is InChI=1S/C11H19NO3/c1-9(2)15-11(14)12-6-3-4-10(8-12)5-7-13/h5,9,13H,3-4,6-8H2,1-2H3/b10-5-. The SMILES string of the molecule is CC(C)OC(=O)N1CCC/C(=C/CO)C1. The Bertz CT molecular complexity index is 248. The number of hydrogen-bond acceptors (Lipinski definition) is 3. The van der Waals surface area contributed by atoms with Gasteiger partial charge in [-0.2, -0.15) is 0 Å². The smallest absolute Gasteiger partial charge is 0.410 e. The highest BCUT2D eigenvalue weighted by molar-refractivity contribution is 5.68. The molecule has 86 valence electrons. The lowest BCUT2D eigenvalue weighted by atomic mass is 10.1. The molecule has 1 fully saturated rings. The van der Waals surface area contributed by atoms with Crippen LogP contribution < -0.4 is 0 Å². The molecular weight excluding hydrogens is 194 g/mol. The predicted octanol–water partition coefficient (Wildman–Crippen LogP) is 1.55. The molecule has 4 heteroatoms. The third-order valence-corrected chi connectivity index (χ3v) is 2.29. The van der Waals surface area contributed by atoms with E-state index in [9.17, 15) is 4.79 Å². The van der Waals surface area contributed by atoms with E-state index in [4.69, 9.17) is 9.84 Å². The molecule has 1 aliphatic rings. The van der Waals surface area contributed by atoms with Crippen LogP contribution in [0, 0.1) is 0 Å². The van der Waals surface area contributed by atoms with Crippen LogP contribution in [0.25, 0.3) is 0 Å². The minimum atomic E-state index is -0.256. The van der Waals surface area contributed by atoms with Crippen LogP contribution in [0.15, 0.2) is 11.6 Å². The van der Waals surface area contributed by atoms with Crippen molar-refractivity contribution in [2.75, 3.05) is 19.7 Å². The predicted molar refractivity (Wildman–Crippen MR) is 57.6 cm³/mol. The molecule has 0 bridgehead atoms. The van der Waals surface area contributed by atoms with Crippen LogP contribution in [-0.4, -0.2) is 41.9 Å². The summed E-state index contributed by atoms with van der Waals surface area (Å²) in [6.45, 7) is 5.06. The topological polar surface area (TPSA) is 49.8 Å². The Morgan fingerprint density at radius 2 is 2.40 bits per heavy atom. The number of carbonyl (C=O) groups excluding carboxylic acids is 1. The van der Waals surface area contributed by atoms with Gasteiger partial charge in [0.25, 0.3) is 0 Å². The van der Waals surface area contributed by atoms with Crippen molar-refractivity contribution >= 4 is 6.09 Å². The van der Waals surface area contributed by atoms with E-state index in [-0.39, 0.29) is 18.8 Å². The maximum absolute atomic E-state index is 11.6. The van der Waals surface area contributed by atoms with Crippen molar-refractivity contribution in [2.24, 2.45) is 0 Å². The van der Waals surface area contributed by atoms with Crippen molar-refractivity contribution in [1.29, 1.82) is 0 Å². The summed E-state index contributed by atoms with van der Waals surface area (Å²) in [4.78, 5) is 13.3. The molecule has 1 N–H and O–H groups in total. The number of carbonyl (C=O) groups is 1. The Hall–Kier alpha value is -1.03. The van der Waals surface area contributed by atoms with Crippen molar-refractivity contribution in [1.82, 2.24) is 4.90 Å². The third kappa shape index (κ3) is 3.91. The van der Waals surface area contributed by atoms with Crippen LogP contribution in [0.3, 0.4) is 0 Å². The maximum atomic E-state index is 11.6. The first-order valence-electron chi connectivity index (χ1n) is 5.37. The van der Waals surface area contributed by atoms with Gasteiger partial charge in [-0.25, -0.2) is 4.79 Å². The van der Waals surface area contributed by atoms with Gasteiger partial charge in [-0.1, -0.05) is 11.6 Å². The van der Waals surface area contributed by atoms with Crippen LogP contribution in [0.1, 0.15) is 26.7 Å². The van der Waals surface area contributed by atoms with Gasteiger partial charge < -0.3 is 14.7 Å². The van der Waals surface area contributed by atoms with E-state index in [0.29, 0.717) is 6.54 Å². The van der Waals surface area contributed by atoms with Gasteiger partial charge in [0.05, 0.1) is 12.7 Å². The molecule has 4 nitrogen and oxygen atoms in total. The number of likely N-dealkylation sites (tertiary alicyclic amines) is 1. The summed E-state index contributed by atoms with van der Waals surface area (Å²) in [5, 5.41) is 8.78. The molecule has 0 aromatic carbocycles. The number of hydrogen-bond donors (Lipinski definition) is 1. The Kier molecular flexibility index (Phi) is 4.62. The van der Waals surface area contributed by atoms with Crippen molar-refractivity contribution in [2.45, 2.75) is 32.8 Å². The van der Waals surface area contributed by atoms with Gasteiger partial charge in [-0.3, -0.25) is 0 Å². The first-order chi connectivity index (χ1) is 7.13. The van der Waals surface area contributed by atoms with Gasteiger partial charge >= 0.3 is 6.09 Å². The molecule has 0 aromatic rings. The number of rotatable bonds is 2. The molecule has 0 aromatic heterocycles. The summed E-state index contributed by atoms with van der Waals surface area (Å²) in [5.74, 6) is 0. The van der Waals surface area contributed by atoms with E-state index in [2.05, 4.69) is 0 Å². The lowest BCUT2D eigenvalue weighted by Crippen LogP contribution is -2.38. The second-order valence-electron chi connectivity index (χ2n) is 4.00. The average molecular weight is 213 g/mol. The molecule has 0 spiro atoms. The fourth-order valence-electron chi connectivity index (χ4n) is 1.63. The number of aliphatic hydroxyl groups is 1. The number of aliphatic hydroxyl groups excluding tert-OH is 1. The van der Waals surface area contributed by atoms with E-state index >= 15 is 0 Å². The zero-order valence-corrected chi connectivity index (χ0v) is 9.40. The van der Waals surface area contributed by atoms with Crippen molar-refractivity contribution in [3.05, 3.63) is 11.6 Å². The third-order valence-electron chi connectivity index (χ3n) is 2.29. The summed E-state index contributed by atoms with van der Waals surface area (Å²) in [6, 6.07) is 0. The first-order valence-corrected chi connectivity index (χ1v) is 5.37. The zero-order valence-electron chi connectivity index (χ0n) is 9.40. The Morgan fingerprint density at radius 1 is 1.67 bits per heavy atom. The lowest BCUT2D eigenvalue weighted by molar-refractivity contribution is 0.0760. The van der Waals surface area contributed by atoms with Gasteiger partial charge in [0.1, 0.15) is 0 Å². The molecule has 0 unspecified atom stereocenters. The maximum Gasteiger partial charge on any atom is 0.410 e. The Balaban J connectivity index is 2.48. The summed E-state index contributed by atoms with van der Waals surface area (Å²) < 4.78 is 5.11. The largest absolute Gasteiger partial charge is 0.447 e. The van der Waals surface area contributed by atoms with E-state index in [1.165, 1.54) is 0 Å². The van der Waals surface area contributed by atoms with Crippen LogP contribution >= 0.6 is 0 Å². The summed E-state index contributed by atoms with van der Waals surface area (Å²) >= 11 is 0. The molecule has 1 rings (SSSR count). The number of amides is 1. The molecule has 15 heavy (non-hydrogen) atoms. The molecule has 0 saturated carbocycles. The highest BCUT2D eigenvalue weighted by Gasteiger charge is 2.20. The molecule has 1 heterocycles. The average Bonchev–Trinajstić information content (AvgIpc) is 2.17. The number of piperidine rings is 1. The normalized spacial score (nSPS) is 19.7. The molecule has 1 amide bonds. The van der Waals surface area contributed by atoms with Crippen LogP contribution in [0.4, 0.5) is 4.79 Å². The minimum absolute atomic E-state index is 0.0440. The van der Waals surface area contributed by atoms with Crippen LogP contribution in [0.5, 0.6) is 0 Å². The second kappa shape index (κ2) is 5.75. The van der Waals surface area contributed by atoms with Crippen LogP contribution in [0.2, 0.25) is 0 Å². The molecule has 0 aliphatic carbocycles. The Labute approximate surface area is 90.5 Å². The van der Waals surface area contributed by atoms with Crippen LogP contribution in [-0.2, 0) is 4.74 Å². The van der Waals surface area contributed by atoms with Gasteiger partial charge in [-0.05, 0) is 26.7 Å². The van der Waals surface area contributed by atoms with Gasteiger partial charge in [0.15, 0.2) is 0 Å². The van der Waals surface area contributed by atoms with Gasteiger partial charge in [0, 0.05) is 13.1 Å². The monoisotopic (exact) mass is 213 g/mol. The minimum Gasteiger partial charge on any atom is -0.447 e. The molecule has 1 aliphatic heterocycles. The summed E-state index contributed by atoms with van der Waals surface area (Å²) in [6.07, 6.45) is 3.35. The van der Waals surface area contributed by atoms with E-state index in [0.717, 1.165) is 25.0 Å². The second-order valence-corrected chi connectivity index (χ2v) is 4.00. The summed E-state index contributed by atoms with van der Waals surface area (Å²) in [5.41, 5.74) is 1.12. The summed E-state index contributed by atoms with van der Waals surface area (Å²) in [7, 11) is 0. The van der Waals surface area contributed by atoms with Crippen molar-refractivity contribution in [3.63, 3.8) is 0 Å². The highest BCUT2D eigenvalue weighted by Crippen LogP contribution is 2.16. The van der Waals surface area contributed by atoms with E-state index in [1.54, 1.807) is 11.0 Å². The zero-order chi connectivity index (χ0) is 11.3. The van der Waals surface area contributed by atoms with E-state index in [1.807, 2.05) is 13.8 Å². The molecule has 1 saturated heterocycles. The fraction of sp³-hybridized carbons (Fsp3) is 0.727. The lowest BCUT2D eigenvalue weighted by Gasteiger charge is -2.28. The number of ether oxygens (including phenoxy) is 1. The fourth-order valence-corrected chi connectivity index (χ4v) is 1.63. The van der Waals surface area contributed by atoms with Gasteiger partial charge in [-0.15, -0.1) is 0 Å². The quantitative estimate of drug-likeness (QED) is 0.708. The van der Waals surface area contributed by atoms with E-state index < -0.39 is 0 Å². The molecule has 0 radical (unpaired) electrons. The number of nitrogens with zero attached hydrogens (tertiary/aromatic N) is 1. The van der Waals surface area contributed by atoms with Crippen molar-refractivity contribution in [3.8, 4) is 0 Å². The van der Waals surface area contributed by atoms with Crippen molar-refractivity contribution < 1.29 is 14.6 Å². The molecular formula is C11H19NO3. The Morgan fingerprint density at radius 3 is 3.00 bits per heavy atom. The first kappa shape index (κ1) is 12.0. The van der Waals surface area contributed by atoms with Gasteiger partial charge in [0.2, 0.25) is 0 Å².